The summed E-state index contributed by atoms with van der Waals surface area (Å²) in [6.45, 7) is 11.3. The van der Waals surface area contributed by atoms with Crippen LogP contribution in [0, 0.1) is 5.92 Å². The highest BCUT2D eigenvalue weighted by Crippen LogP contribution is 2.25. The van der Waals surface area contributed by atoms with E-state index in [0.717, 1.165) is 25.9 Å². The second-order valence-electron chi connectivity index (χ2n) is 5.23. The van der Waals surface area contributed by atoms with E-state index in [2.05, 4.69) is 32.6 Å². The summed E-state index contributed by atoms with van der Waals surface area (Å²) < 4.78 is 5.52. The second kappa shape index (κ2) is 6.39. The zero-order valence-electron chi connectivity index (χ0n) is 11.9. The fraction of sp³-hybridized carbons (Fsp3) is 0.929. The van der Waals surface area contributed by atoms with Gasteiger partial charge in [0.2, 0.25) is 5.91 Å². The van der Waals surface area contributed by atoms with Gasteiger partial charge < -0.3 is 9.64 Å². The van der Waals surface area contributed by atoms with Crippen molar-refractivity contribution in [2.24, 2.45) is 5.92 Å². The van der Waals surface area contributed by atoms with Crippen molar-refractivity contribution in [2.45, 2.75) is 72.1 Å². The van der Waals surface area contributed by atoms with Gasteiger partial charge in [0.25, 0.3) is 0 Å². The maximum absolute atomic E-state index is 12.6. The van der Waals surface area contributed by atoms with Crippen LogP contribution in [-0.4, -0.2) is 35.6 Å². The molecule has 1 rings (SSSR count). The normalized spacial score (nSPS) is 27.8. The summed E-state index contributed by atoms with van der Waals surface area (Å²) in [4.78, 5) is 14.7. The molecule has 0 bridgehead atoms. The number of carbonyl (C=O) groups is 1. The lowest BCUT2D eigenvalue weighted by Gasteiger charge is -2.36. The van der Waals surface area contributed by atoms with E-state index >= 15 is 0 Å². The topological polar surface area (TPSA) is 29.5 Å². The van der Waals surface area contributed by atoms with Crippen LogP contribution in [0.15, 0.2) is 0 Å². The number of hydrogen-bond acceptors (Lipinski definition) is 2. The maximum atomic E-state index is 12.6. The van der Waals surface area contributed by atoms with Crippen LogP contribution in [-0.2, 0) is 9.53 Å². The molecule has 1 fully saturated rings. The molecule has 3 nitrogen and oxygen atoms in total. The van der Waals surface area contributed by atoms with Crippen molar-refractivity contribution in [3.63, 3.8) is 0 Å². The molecular formula is C14H27NO2. The van der Waals surface area contributed by atoms with Gasteiger partial charge in [-0.1, -0.05) is 13.8 Å². The van der Waals surface area contributed by atoms with E-state index in [4.69, 9.17) is 4.74 Å². The monoisotopic (exact) mass is 241 g/mol. The molecule has 1 saturated heterocycles. The fourth-order valence-corrected chi connectivity index (χ4v) is 2.51. The van der Waals surface area contributed by atoms with Crippen molar-refractivity contribution in [3.8, 4) is 0 Å². The zero-order chi connectivity index (χ0) is 13.0. The standard InChI is InChI=1S/C14H27NO2/c1-6-10(3)15(11(4)7-2)14(16)13-8-9-17-12(13)5/h10-13H,6-9H2,1-5H3/t10-,11-,12+,13+/m0/s1. The average Bonchev–Trinajstić information content (AvgIpc) is 2.74. The van der Waals surface area contributed by atoms with Crippen LogP contribution >= 0.6 is 0 Å². The molecule has 1 amide bonds. The highest BCUT2D eigenvalue weighted by Gasteiger charge is 2.36. The van der Waals surface area contributed by atoms with Crippen molar-refractivity contribution in [3.05, 3.63) is 0 Å². The van der Waals surface area contributed by atoms with Crippen molar-refractivity contribution in [1.29, 1.82) is 0 Å². The molecule has 0 aromatic carbocycles. The Bertz CT molecular complexity index is 245. The van der Waals surface area contributed by atoms with Crippen molar-refractivity contribution < 1.29 is 9.53 Å². The van der Waals surface area contributed by atoms with E-state index in [1.165, 1.54) is 0 Å². The Balaban J connectivity index is 2.78. The lowest BCUT2D eigenvalue weighted by Crippen LogP contribution is -2.48. The van der Waals surface area contributed by atoms with Crippen molar-refractivity contribution in [1.82, 2.24) is 4.90 Å². The molecule has 1 heterocycles. The first-order chi connectivity index (χ1) is 8.02. The summed E-state index contributed by atoms with van der Waals surface area (Å²) in [7, 11) is 0. The number of carbonyl (C=O) groups excluding carboxylic acids is 1. The summed E-state index contributed by atoms with van der Waals surface area (Å²) in [5.74, 6) is 0.358. The van der Waals surface area contributed by atoms with E-state index in [9.17, 15) is 4.79 Å². The van der Waals surface area contributed by atoms with Crippen LogP contribution in [0.2, 0.25) is 0 Å². The molecule has 3 heteroatoms. The maximum Gasteiger partial charge on any atom is 0.228 e. The van der Waals surface area contributed by atoms with Gasteiger partial charge in [0, 0.05) is 18.7 Å². The van der Waals surface area contributed by atoms with Crippen LogP contribution in [0.5, 0.6) is 0 Å². The number of hydrogen-bond donors (Lipinski definition) is 0. The lowest BCUT2D eigenvalue weighted by molar-refractivity contribution is -0.141. The van der Waals surface area contributed by atoms with Gasteiger partial charge >= 0.3 is 0 Å². The van der Waals surface area contributed by atoms with Gasteiger partial charge in [0.15, 0.2) is 0 Å². The Labute approximate surface area is 106 Å². The minimum absolute atomic E-state index is 0.0676. The predicted molar refractivity (Wildman–Crippen MR) is 69.9 cm³/mol. The summed E-state index contributed by atoms with van der Waals surface area (Å²) in [6.07, 6.45) is 2.98. The van der Waals surface area contributed by atoms with Gasteiger partial charge in [-0.2, -0.15) is 0 Å². The minimum Gasteiger partial charge on any atom is -0.378 e. The van der Waals surface area contributed by atoms with Crippen LogP contribution in [0.3, 0.4) is 0 Å². The largest absolute Gasteiger partial charge is 0.378 e. The molecule has 0 radical (unpaired) electrons. The third-order valence-corrected chi connectivity index (χ3v) is 4.08. The van der Waals surface area contributed by atoms with Crippen LogP contribution in [0.25, 0.3) is 0 Å². The smallest absolute Gasteiger partial charge is 0.228 e. The fourth-order valence-electron chi connectivity index (χ4n) is 2.51. The van der Waals surface area contributed by atoms with Crippen molar-refractivity contribution in [2.75, 3.05) is 6.61 Å². The van der Waals surface area contributed by atoms with E-state index in [-0.39, 0.29) is 12.0 Å². The number of nitrogens with zero attached hydrogens (tertiary/aromatic N) is 1. The first-order valence-electron chi connectivity index (χ1n) is 6.96. The van der Waals surface area contributed by atoms with Crippen LogP contribution < -0.4 is 0 Å². The molecule has 0 aliphatic carbocycles. The molecule has 0 aromatic heterocycles. The molecule has 0 N–H and O–H groups in total. The van der Waals surface area contributed by atoms with Crippen molar-refractivity contribution >= 4 is 5.91 Å². The zero-order valence-corrected chi connectivity index (χ0v) is 11.9. The molecule has 4 atom stereocenters. The highest BCUT2D eigenvalue weighted by molar-refractivity contribution is 5.80. The molecular weight excluding hydrogens is 214 g/mol. The van der Waals surface area contributed by atoms with Crippen LogP contribution in [0.4, 0.5) is 0 Å². The van der Waals surface area contributed by atoms with Crippen LogP contribution in [0.1, 0.15) is 53.9 Å². The minimum atomic E-state index is 0.0676. The number of rotatable bonds is 5. The number of amides is 1. The Morgan fingerprint density at radius 2 is 1.82 bits per heavy atom. The van der Waals surface area contributed by atoms with E-state index in [1.807, 2.05) is 6.92 Å². The SMILES string of the molecule is CC[C@H](C)N(C(=O)[C@@H]1CCO[C@@H]1C)[C@@H](C)CC. The molecule has 0 aromatic rings. The molecule has 100 valence electrons. The number of ether oxygens (including phenoxy) is 1. The first-order valence-corrected chi connectivity index (χ1v) is 6.96. The van der Waals surface area contributed by atoms with Gasteiger partial charge in [-0.3, -0.25) is 4.79 Å². The lowest BCUT2D eigenvalue weighted by atomic mass is 9.98. The first kappa shape index (κ1) is 14.5. The van der Waals surface area contributed by atoms with Gasteiger partial charge in [-0.15, -0.1) is 0 Å². The predicted octanol–water partition coefficient (Wildman–Crippen LogP) is 2.84. The Hall–Kier alpha value is -0.570. The molecule has 1 aliphatic heterocycles. The Morgan fingerprint density at radius 1 is 1.29 bits per heavy atom. The summed E-state index contributed by atoms with van der Waals surface area (Å²) >= 11 is 0. The quantitative estimate of drug-likeness (QED) is 0.740. The molecule has 0 saturated carbocycles. The third-order valence-electron chi connectivity index (χ3n) is 4.08. The summed E-state index contributed by atoms with van der Waals surface area (Å²) in [5, 5.41) is 0. The van der Waals surface area contributed by atoms with E-state index in [0.29, 0.717) is 18.0 Å². The Morgan fingerprint density at radius 3 is 2.18 bits per heavy atom. The molecule has 1 aliphatic rings. The van der Waals surface area contributed by atoms with E-state index < -0.39 is 0 Å². The Kier molecular flexibility index (Phi) is 5.44. The molecule has 0 spiro atoms. The van der Waals surface area contributed by atoms with Gasteiger partial charge in [-0.05, 0) is 40.0 Å². The second-order valence-corrected chi connectivity index (χ2v) is 5.23. The molecule has 0 unspecified atom stereocenters. The average molecular weight is 241 g/mol. The third kappa shape index (κ3) is 3.21. The summed E-state index contributed by atoms with van der Waals surface area (Å²) in [5.41, 5.74) is 0. The van der Waals surface area contributed by atoms with Gasteiger partial charge in [0.05, 0.1) is 12.0 Å². The van der Waals surface area contributed by atoms with Gasteiger partial charge in [-0.25, -0.2) is 0 Å². The summed E-state index contributed by atoms with van der Waals surface area (Å²) in [6, 6.07) is 0.649. The van der Waals surface area contributed by atoms with Gasteiger partial charge in [0.1, 0.15) is 0 Å². The molecule has 17 heavy (non-hydrogen) atoms. The highest BCUT2D eigenvalue weighted by atomic mass is 16.5. The van der Waals surface area contributed by atoms with E-state index in [1.54, 1.807) is 0 Å².